The van der Waals surface area contributed by atoms with Crippen LogP contribution in [0.25, 0.3) is 0 Å². The van der Waals surface area contributed by atoms with Crippen LogP contribution in [-0.4, -0.2) is 113 Å². The number of nitrogens with zero attached hydrogens (tertiary/aromatic N) is 1. The lowest BCUT2D eigenvalue weighted by molar-refractivity contribution is -0.170. The number of aromatic hydroxyl groups is 1. The fourth-order valence-electron chi connectivity index (χ4n) is 12.5. The molecular weight excluding hydrogens is 752 g/mol. The largest absolute Gasteiger partial charge is 0.510 e. The highest BCUT2D eigenvalue weighted by atomic mass is 16.4. The number of Topliss-reactive ketones (excluding diaryl/α,β-unsaturated/α-hetero) is 4. The first-order valence-corrected chi connectivity index (χ1v) is 19.8. The zero-order valence-corrected chi connectivity index (χ0v) is 33.2. The summed E-state index contributed by atoms with van der Waals surface area (Å²) in [6, 6.07) is 3.05. The third kappa shape index (κ3) is 5.35. The Balaban J connectivity index is 0.000000180. The van der Waals surface area contributed by atoms with Crippen LogP contribution >= 0.6 is 0 Å². The van der Waals surface area contributed by atoms with Crippen molar-refractivity contribution < 1.29 is 64.5 Å². The first-order chi connectivity index (χ1) is 26.9. The minimum Gasteiger partial charge on any atom is -0.510 e. The summed E-state index contributed by atoms with van der Waals surface area (Å²) in [6.45, 7) is 4.71. The Morgan fingerprint density at radius 1 is 0.931 bits per heavy atom. The molecule has 3 fully saturated rings. The molecular formula is C43H52N2O13. The maximum Gasteiger partial charge on any atom is 0.255 e. The van der Waals surface area contributed by atoms with Crippen LogP contribution in [-0.2, 0) is 29.6 Å². The van der Waals surface area contributed by atoms with Crippen molar-refractivity contribution in [3.8, 4) is 5.75 Å². The van der Waals surface area contributed by atoms with Crippen LogP contribution in [0.1, 0.15) is 88.1 Å². The van der Waals surface area contributed by atoms with Gasteiger partial charge in [-0.2, -0.15) is 0 Å². The minimum atomic E-state index is -2.75. The summed E-state index contributed by atoms with van der Waals surface area (Å²) < 4.78 is 0. The number of amides is 1. The second kappa shape index (κ2) is 13.5. The van der Waals surface area contributed by atoms with Gasteiger partial charge in [-0.25, -0.2) is 0 Å². The SMILES string of the molecule is CN(C)[C@@H]1C(O)=C(C(N)=O)C(=O)[C@@]2(O)C(O)=C3C(=O)c4c(O)cccc4[C@@](C)(O)[C@H]3C[C@@H]12.C[C@]12CCC(=O)C=C1CC[C@@H]1[C@@H]2C(=O)C[C@@]2(C)[C@H]1CC[C@]2(O)C(=O)CO. The van der Waals surface area contributed by atoms with Crippen LogP contribution in [0.3, 0.4) is 0 Å². The first kappa shape index (κ1) is 41.6. The van der Waals surface area contributed by atoms with Gasteiger partial charge in [0.25, 0.3) is 5.91 Å². The molecule has 0 bridgehead atoms. The molecule has 58 heavy (non-hydrogen) atoms. The molecule has 3 saturated carbocycles. The number of hydrogen-bond acceptors (Lipinski definition) is 14. The van der Waals surface area contributed by atoms with E-state index in [1.54, 1.807) is 6.08 Å². The molecule has 9 N–H and O–H groups in total. The maximum atomic E-state index is 13.3. The third-order valence-corrected chi connectivity index (χ3v) is 15.4. The number of phenolic OH excluding ortho intramolecular Hbond substituents is 1. The first-order valence-electron chi connectivity index (χ1n) is 19.8. The number of allylic oxidation sites excluding steroid dienone is 1. The Hall–Kier alpha value is -4.54. The standard InChI is InChI=1S/C22H24N2O8.C21H28O5/c1-21(31)8-5-4-6-11(25)12(8)16(26)13-9(21)7-10-15(24(2)3)17(27)14(20(23)30)19(29)22(10,32)18(13)28;1-19-7-5-13(23)9-12(19)3-4-14-15-6-8-21(26,17(25)11-22)20(15,2)10-16(24)18(14)19/h4-6,9-10,15,25,27-28,31-32H,7H2,1-3H3,(H2,23,30);9,14-15,18,22,26H,3-8,10-11H2,1-2H3/t9-,10-,15-,21+,22-;14-,15-,18+,19-,20-,21-/m00/s1. The number of primary amides is 1. The maximum absolute atomic E-state index is 13.3. The van der Waals surface area contributed by atoms with Gasteiger partial charge in [0, 0.05) is 41.6 Å². The van der Waals surface area contributed by atoms with Gasteiger partial charge >= 0.3 is 0 Å². The number of carbonyl (C=O) groups is 6. The van der Waals surface area contributed by atoms with E-state index in [9.17, 15) is 64.5 Å². The highest BCUT2D eigenvalue weighted by Gasteiger charge is 2.69. The highest BCUT2D eigenvalue weighted by Crippen LogP contribution is 2.66. The smallest absolute Gasteiger partial charge is 0.255 e. The molecule has 0 unspecified atom stereocenters. The molecule has 1 aromatic carbocycles. The summed E-state index contributed by atoms with van der Waals surface area (Å²) in [5.41, 5.74) is -2.21. The number of fused-ring (bicyclic) bond motifs is 8. The lowest BCUT2D eigenvalue weighted by Crippen LogP contribution is -2.65. The normalized spacial score (nSPS) is 40.3. The average Bonchev–Trinajstić information content (AvgIpc) is 3.41. The molecule has 1 amide bonds. The fraction of sp³-hybridized carbons (Fsp3) is 0.581. The molecule has 7 aliphatic rings. The number of aliphatic hydroxyl groups is 6. The monoisotopic (exact) mass is 804 g/mol. The van der Waals surface area contributed by atoms with Gasteiger partial charge in [-0.05, 0) is 94.5 Å². The van der Waals surface area contributed by atoms with Crippen molar-refractivity contribution >= 4 is 34.8 Å². The van der Waals surface area contributed by atoms with Crippen molar-refractivity contribution in [1.82, 2.24) is 4.90 Å². The summed E-state index contributed by atoms with van der Waals surface area (Å²) in [7, 11) is 3.06. The van der Waals surface area contributed by atoms with Gasteiger partial charge in [0.15, 0.2) is 23.0 Å². The summed E-state index contributed by atoms with van der Waals surface area (Å²) in [6.07, 6.45) is 5.63. The zero-order valence-electron chi connectivity index (χ0n) is 33.2. The second-order valence-corrected chi connectivity index (χ2v) is 18.3. The molecule has 7 aliphatic carbocycles. The van der Waals surface area contributed by atoms with E-state index in [1.807, 2.05) is 6.92 Å². The molecule has 0 spiro atoms. The molecule has 0 aliphatic heterocycles. The quantitative estimate of drug-likeness (QED) is 0.202. The molecule has 0 radical (unpaired) electrons. The Kier molecular flexibility index (Phi) is 9.68. The van der Waals surface area contributed by atoms with Crippen molar-refractivity contribution in [2.45, 2.75) is 95.0 Å². The molecule has 11 atom stereocenters. The minimum absolute atomic E-state index is 0.0988. The Bertz CT molecular complexity index is 2170. The third-order valence-electron chi connectivity index (χ3n) is 15.4. The molecule has 15 nitrogen and oxygen atoms in total. The van der Waals surface area contributed by atoms with Crippen LogP contribution in [0.4, 0.5) is 0 Å². The summed E-state index contributed by atoms with van der Waals surface area (Å²) in [5.74, 6) is -8.06. The Morgan fingerprint density at radius 3 is 2.22 bits per heavy atom. The van der Waals surface area contributed by atoms with E-state index in [0.29, 0.717) is 25.7 Å². The van der Waals surface area contributed by atoms with Crippen LogP contribution in [0.5, 0.6) is 5.75 Å². The predicted molar refractivity (Wildman–Crippen MR) is 204 cm³/mol. The van der Waals surface area contributed by atoms with Gasteiger partial charge < -0.3 is 41.5 Å². The van der Waals surface area contributed by atoms with Gasteiger partial charge in [0.1, 0.15) is 40.8 Å². The van der Waals surface area contributed by atoms with Crippen molar-refractivity contribution in [2.75, 3.05) is 20.7 Å². The van der Waals surface area contributed by atoms with Gasteiger partial charge in [-0.15, -0.1) is 0 Å². The summed E-state index contributed by atoms with van der Waals surface area (Å²) in [5, 5.41) is 75.5. The van der Waals surface area contributed by atoms with E-state index < -0.39 is 98.4 Å². The van der Waals surface area contributed by atoms with Crippen LogP contribution in [0.15, 0.2) is 52.5 Å². The number of hydrogen-bond donors (Lipinski definition) is 8. The Labute approximate surface area is 334 Å². The van der Waals surface area contributed by atoms with E-state index in [-0.39, 0.29) is 58.7 Å². The summed E-state index contributed by atoms with van der Waals surface area (Å²) >= 11 is 0. The molecule has 1 aromatic rings. The van der Waals surface area contributed by atoms with Crippen LogP contribution in [0, 0.1) is 40.4 Å². The Morgan fingerprint density at radius 2 is 1.60 bits per heavy atom. The lowest BCUT2D eigenvalue weighted by atomic mass is 9.46. The van der Waals surface area contributed by atoms with Gasteiger partial charge in [-0.1, -0.05) is 31.6 Å². The number of carbonyl (C=O) groups excluding carboxylic acids is 6. The molecule has 0 heterocycles. The van der Waals surface area contributed by atoms with Gasteiger partial charge in [-0.3, -0.25) is 33.7 Å². The van der Waals surface area contributed by atoms with Crippen LogP contribution in [0.2, 0.25) is 0 Å². The summed E-state index contributed by atoms with van der Waals surface area (Å²) in [4.78, 5) is 77.4. The molecule has 8 rings (SSSR count). The second-order valence-electron chi connectivity index (χ2n) is 18.3. The number of benzene rings is 1. The number of nitrogens with two attached hydrogens (primary N) is 1. The topological polar surface area (TPSA) is 273 Å². The van der Waals surface area contributed by atoms with Crippen molar-refractivity contribution in [1.29, 1.82) is 0 Å². The van der Waals surface area contributed by atoms with E-state index in [4.69, 9.17) is 5.73 Å². The van der Waals surface area contributed by atoms with Crippen molar-refractivity contribution in [2.24, 2.45) is 46.2 Å². The van der Waals surface area contributed by atoms with E-state index in [2.05, 4.69) is 6.92 Å². The van der Waals surface area contributed by atoms with Crippen molar-refractivity contribution in [3.05, 3.63) is 63.6 Å². The highest BCUT2D eigenvalue weighted by molar-refractivity contribution is 6.25. The molecule has 15 heteroatoms. The predicted octanol–water partition coefficient (Wildman–Crippen LogP) is 1.78. The van der Waals surface area contributed by atoms with Gasteiger partial charge in [0.05, 0.1) is 17.2 Å². The fourth-order valence-corrected chi connectivity index (χ4v) is 12.5. The molecule has 312 valence electrons. The molecule has 0 saturated heterocycles. The number of phenols is 1. The molecule has 0 aromatic heterocycles. The van der Waals surface area contributed by atoms with Crippen molar-refractivity contribution in [3.63, 3.8) is 0 Å². The number of rotatable bonds is 4. The van der Waals surface area contributed by atoms with E-state index in [1.165, 1.54) is 44.1 Å². The lowest BCUT2D eigenvalue weighted by Gasteiger charge is -2.57. The van der Waals surface area contributed by atoms with E-state index in [0.717, 1.165) is 18.4 Å². The number of aliphatic hydroxyl groups excluding tert-OH is 3. The number of likely N-dealkylation sites (N-methyl/N-ethyl adjacent to an activating group) is 1. The zero-order chi connectivity index (χ0) is 42.8. The van der Waals surface area contributed by atoms with E-state index >= 15 is 0 Å². The average molecular weight is 805 g/mol. The number of ketones is 5. The van der Waals surface area contributed by atoms with Gasteiger partial charge in [0.2, 0.25) is 5.78 Å². The van der Waals surface area contributed by atoms with Crippen LogP contribution < -0.4 is 5.73 Å².